The standard InChI is InChI=1S/C20H24N4O5/c1-4-6-10-24-17-16(18(25)22-20(24)27)23(5-2)15(21-17)12-29-19(26)13-8-7-9-14(11-13)28-3/h7-9,11H,4-6,10,12H2,1-3H3,(H,22,25,27). The fourth-order valence-corrected chi connectivity index (χ4v) is 3.16. The molecule has 3 rings (SSSR count). The summed E-state index contributed by atoms with van der Waals surface area (Å²) in [7, 11) is 1.52. The Morgan fingerprint density at radius 2 is 2.00 bits per heavy atom. The van der Waals surface area contributed by atoms with Gasteiger partial charge in [-0.3, -0.25) is 14.3 Å². The topological polar surface area (TPSA) is 108 Å². The first kappa shape index (κ1) is 20.4. The van der Waals surface area contributed by atoms with E-state index in [1.807, 2.05) is 13.8 Å². The number of aryl methyl sites for hydroxylation is 2. The van der Waals surface area contributed by atoms with Gasteiger partial charge < -0.3 is 14.0 Å². The maximum Gasteiger partial charge on any atom is 0.338 e. The molecule has 0 radical (unpaired) electrons. The molecule has 3 aromatic rings. The maximum atomic E-state index is 12.4. The second-order valence-electron chi connectivity index (χ2n) is 6.52. The molecule has 1 aromatic carbocycles. The fourth-order valence-electron chi connectivity index (χ4n) is 3.16. The van der Waals surface area contributed by atoms with Crippen LogP contribution in [0.2, 0.25) is 0 Å². The number of fused-ring (bicyclic) bond motifs is 1. The highest BCUT2D eigenvalue weighted by molar-refractivity contribution is 5.89. The Balaban J connectivity index is 1.94. The minimum Gasteiger partial charge on any atom is -0.497 e. The number of methoxy groups -OCH3 is 1. The second-order valence-corrected chi connectivity index (χ2v) is 6.52. The third-order valence-electron chi connectivity index (χ3n) is 4.65. The number of aromatic nitrogens is 4. The number of nitrogens with zero attached hydrogens (tertiary/aromatic N) is 3. The van der Waals surface area contributed by atoms with E-state index in [2.05, 4.69) is 9.97 Å². The zero-order valence-corrected chi connectivity index (χ0v) is 16.7. The molecule has 29 heavy (non-hydrogen) atoms. The lowest BCUT2D eigenvalue weighted by atomic mass is 10.2. The van der Waals surface area contributed by atoms with E-state index in [9.17, 15) is 14.4 Å². The van der Waals surface area contributed by atoms with Crippen molar-refractivity contribution >= 4 is 17.1 Å². The van der Waals surface area contributed by atoms with Gasteiger partial charge in [0, 0.05) is 13.1 Å². The number of hydrogen-bond acceptors (Lipinski definition) is 6. The molecule has 0 aliphatic carbocycles. The number of carbonyl (C=O) groups excluding carboxylic acids is 1. The Bertz CT molecular complexity index is 1140. The molecule has 2 aromatic heterocycles. The summed E-state index contributed by atoms with van der Waals surface area (Å²) in [4.78, 5) is 43.8. The lowest BCUT2D eigenvalue weighted by Gasteiger charge is -2.08. The molecule has 0 saturated heterocycles. The number of hydrogen-bond donors (Lipinski definition) is 1. The Kier molecular flexibility index (Phi) is 6.16. The lowest BCUT2D eigenvalue weighted by molar-refractivity contribution is 0.0458. The van der Waals surface area contributed by atoms with Gasteiger partial charge >= 0.3 is 11.7 Å². The summed E-state index contributed by atoms with van der Waals surface area (Å²) in [5, 5.41) is 0. The summed E-state index contributed by atoms with van der Waals surface area (Å²) in [6.07, 6.45) is 1.67. The van der Waals surface area contributed by atoms with E-state index in [0.717, 1.165) is 12.8 Å². The van der Waals surface area contributed by atoms with Crippen molar-refractivity contribution in [1.29, 1.82) is 0 Å². The van der Waals surface area contributed by atoms with Crippen molar-refractivity contribution < 1.29 is 14.3 Å². The van der Waals surface area contributed by atoms with Crippen molar-refractivity contribution in [3.8, 4) is 5.75 Å². The van der Waals surface area contributed by atoms with Gasteiger partial charge in [0.1, 0.15) is 18.2 Å². The molecule has 9 nitrogen and oxygen atoms in total. The van der Waals surface area contributed by atoms with Gasteiger partial charge in [-0.1, -0.05) is 19.4 Å². The first-order valence-corrected chi connectivity index (χ1v) is 9.53. The molecule has 0 spiro atoms. The summed E-state index contributed by atoms with van der Waals surface area (Å²) < 4.78 is 13.6. The normalized spacial score (nSPS) is 11.0. The molecule has 0 atom stereocenters. The van der Waals surface area contributed by atoms with Gasteiger partial charge in [0.15, 0.2) is 11.2 Å². The fraction of sp³-hybridized carbons (Fsp3) is 0.400. The summed E-state index contributed by atoms with van der Waals surface area (Å²) in [5.74, 6) is 0.419. The smallest absolute Gasteiger partial charge is 0.338 e. The maximum absolute atomic E-state index is 12.4. The van der Waals surface area contributed by atoms with Gasteiger partial charge in [0.05, 0.1) is 12.7 Å². The van der Waals surface area contributed by atoms with E-state index < -0.39 is 17.2 Å². The van der Waals surface area contributed by atoms with Crippen LogP contribution in [-0.2, 0) is 24.4 Å². The Hall–Kier alpha value is -3.36. The van der Waals surface area contributed by atoms with Crippen molar-refractivity contribution in [1.82, 2.24) is 19.1 Å². The van der Waals surface area contributed by atoms with Gasteiger partial charge in [-0.05, 0) is 31.5 Å². The third kappa shape index (κ3) is 4.08. The van der Waals surface area contributed by atoms with Crippen molar-refractivity contribution in [2.45, 2.75) is 46.4 Å². The number of esters is 1. The Morgan fingerprint density at radius 1 is 1.21 bits per heavy atom. The Labute approximate surface area is 166 Å². The average Bonchev–Trinajstić information content (AvgIpc) is 3.10. The molecule has 2 heterocycles. The van der Waals surface area contributed by atoms with Crippen LogP contribution in [-0.4, -0.2) is 32.2 Å². The van der Waals surface area contributed by atoms with Crippen LogP contribution in [0.15, 0.2) is 33.9 Å². The average molecular weight is 400 g/mol. The molecular formula is C20H24N4O5. The summed E-state index contributed by atoms with van der Waals surface area (Å²) in [6.45, 7) is 4.64. The minimum atomic E-state index is -0.532. The lowest BCUT2D eigenvalue weighted by Crippen LogP contribution is -2.31. The van der Waals surface area contributed by atoms with Gasteiger partial charge in [-0.25, -0.2) is 14.6 Å². The number of unbranched alkanes of at least 4 members (excludes halogenated alkanes) is 1. The van der Waals surface area contributed by atoms with Crippen LogP contribution in [0, 0.1) is 0 Å². The number of nitrogens with one attached hydrogen (secondary N) is 1. The number of benzene rings is 1. The number of rotatable bonds is 8. The predicted molar refractivity (Wildman–Crippen MR) is 107 cm³/mol. The van der Waals surface area contributed by atoms with Gasteiger partial charge in [-0.15, -0.1) is 0 Å². The number of aromatic amines is 1. The van der Waals surface area contributed by atoms with Crippen LogP contribution < -0.4 is 16.0 Å². The van der Waals surface area contributed by atoms with Crippen molar-refractivity contribution in [3.63, 3.8) is 0 Å². The molecule has 0 amide bonds. The van der Waals surface area contributed by atoms with Gasteiger partial charge in [0.25, 0.3) is 5.56 Å². The molecule has 0 fully saturated rings. The van der Waals surface area contributed by atoms with Crippen LogP contribution >= 0.6 is 0 Å². The number of imidazole rings is 1. The second kappa shape index (κ2) is 8.76. The van der Waals surface area contributed by atoms with E-state index in [1.54, 1.807) is 28.8 Å². The van der Waals surface area contributed by atoms with Crippen molar-refractivity contribution in [2.24, 2.45) is 0 Å². The van der Waals surface area contributed by atoms with E-state index in [4.69, 9.17) is 9.47 Å². The molecule has 154 valence electrons. The first-order valence-electron chi connectivity index (χ1n) is 9.53. The number of H-pyrrole nitrogens is 1. The van der Waals surface area contributed by atoms with E-state index in [1.165, 1.54) is 11.7 Å². The zero-order chi connectivity index (χ0) is 21.0. The largest absolute Gasteiger partial charge is 0.497 e. The molecule has 0 aliphatic rings. The van der Waals surface area contributed by atoms with Crippen LogP contribution in [0.25, 0.3) is 11.2 Å². The number of ether oxygens (including phenoxy) is 2. The summed E-state index contributed by atoms with van der Waals surface area (Å²) in [6, 6.07) is 6.64. The highest BCUT2D eigenvalue weighted by atomic mass is 16.5. The summed E-state index contributed by atoms with van der Waals surface area (Å²) in [5.41, 5.74) is -0.0348. The quantitative estimate of drug-likeness (QED) is 0.580. The van der Waals surface area contributed by atoms with Crippen molar-refractivity contribution in [3.05, 3.63) is 56.5 Å². The SMILES string of the molecule is CCCCn1c(=O)[nH]c(=O)c2c1nc(COC(=O)c1cccc(OC)c1)n2CC. The van der Waals surface area contributed by atoms with E-state index >= 15 is 0 Å². The minimum absolute atomic E-state index is 0.125. The predicted octanol–water partition coefficient (Wildman–Crippen LogP) is 2.07. The zero-order valence-electron chi connectivity index (χ0n) is 16.7. The van der Waals surface area contributed by atoms with E-state index in [0.29, 0.717) is 41.4 Å². The highest BCUT2D eigenvalue weighted by Gasteiger charge is 2.19. The summed E-state index contributed by atoms with van der Waals surface area (Å²) >= 11 is 0. The molecule has 9 heteroatoms. The highest BCUT2D eigenvalue weighted by Crippen LogP contribution is 2.16. The van der Waals surface area contributed by atoms with Crippen LogP contribution in [0.5, 0.6) is 5.75 Å². The number of carbonyl (C=O) groups is 1. The molecule has 0 saturated carbocycles. The van der Waals surface area contributed by atoms with Gasteiger partial charge in [-0.2, -0.15) is 0 Å². The Morgan fingerprint density at radius 3 is 2.69 bits per heavy atom. The van der Waals surface area contributed by atoms with Crippen molar-refractivity contribution in [2.75, 3.05) is 7.11 Å². The van der Waals surface area contributed by atoms with Crippen LogP contribution in [0.4, 0.5) is 0 Å². The molecule has 1 N–H and O–H groups in total. The monoisotopic (exact) mass is 400 g/mol. The molecule has 0 bridgehead atoms. The van der Waals surface area contributed by atoms with Crippen LogP contribution in [0.1, 0.15) is 42.9 Å². The van der Waals surface area contributed by atoms with Gasteiger partial charge in [0.2, 0.25) is 0 Å². The third-order valence-corrected chi connectivity index (χ3v) is 4.65. The van der Waals surface area contributed by atoms with Crippen LogP contribution in [0.3, 0.4) is 0 Å². The molecule has 0 unspecified atom stereocenters. The molecule has 0 aliphatic heterocycles. The molecular weight excluding hydrogens is 376 g/mol. The van der Waals surface area contributed by atoms with E-state index in [-0.39, 0.29) is 6.61 Å². The first-order chi connectivity index (χ1) is 14.0.